The van der Waals surface area contributed by atoms with Crippen LogP contribution in [0.2, 0.25) is 0 Å². The minimum Gasteiger partial charge on any atom is -0.392 e. The van der Waals surface area contributed by atoms with E-state index < -0.39 is 21.6 Å². The van der Waals surface area contributed by atoms with Crippen LogP contribution in [0.25, 0.3) is 0 Å². The first-order chi connectivity index (χ1) is 6.69. The summed E-state index contributed by atoms with van der Waals surface area (Å²) < 4.78 is 31.1. The van der Waals surface area contributed by atoms with Gasteiger partial charge in [-0.15, -0.1) is 0 Å². The standard InChI is InChI=1S/C10H18O4S/c1-9(2)7-3-4-10(9,8(11)5-7)6-15(12,13)14/h7-8,11H,3-6H2,1-2H3,(H,12,13,14)/t7?,8-,10?/m1/s1. The molecule has 4 nitrogen and oxygen atoms in total. The summed E-state index contributed by atoms with van der Waals surface area (Å²) in [5.74, 6) is 0.0826. The zero-order valence-electron chi connectivity index (χ0n) is 9.10. The summed E-state index contributed by atoms with van der Waals surface area (Å²) in [4.78, 5) is 0. The van der Waals surface area contributed by atoms with Crippen molar-refractivity contribution in [1.29, 1.82) is 0 Å². The summed E-state index contributed by atoms with van der Waals surface area (Å²) >= 11 is 0. The van der Waals surface area contributed by atoms with Crippen LogP contribution in [0, 0.1) is 16.7 Å². The molecule has 2 N–H and O–H groups in total. The van der Waals surface area contributed by atoms with Crippen LogP contribution in [-0.2, 0) is 10.1 Å². The molecule has 2 fully saturated rings. The van der Waals surface area contributed by atoms with Gasteiger partial charge in [0.25, 0.3) is 10.1 Å². The van der Waals surface area contributed by atoms with Crippen molar-refractivity contribution in [2.24, 2.45) is 16.7 Å². The van der Waals surface area contributed by atoms with Crippen molar-refractivity contribution in [2.75, 3.05) is 5.75 Å². The largest absolute Gasteiger partial charge is 0.392 e. The van der Waals surface area contributed by atoms with E-state index in [1.54, 1.807) is 0 Å². The molecule has 5 heteroatoms. The van der Waals surface area contributed by atoms with Crippen molar-refractivity contribution in [2.45, 2.75) is 39.2 Å². The Labute approximate surface area is 90.4 Å². The van der Waals surface area contributed by atoms with Gasteiger partial charge in [-0.05, 0) is 30.6 Å². The fraction of sp³-hybridized carbons (Fsp3) is 1.00. The highest BCUT2D eigenvalue weighted by Gasteiger charge is 2.64. The first-order valence-corrected chi connectivity index (χ1v) is 6.93. The molecule has 0 amide bonds. The van der Waals surface area contributed by atoms with Gasteiger partial charge in [-0.2, -0.15) is 8.42 Å². The maximum absolute atomic E-state index is 11.0. The van der Waals surface area contributed by atoms with E-state index >= 15 is 0 Å². The average Bonchev–Trinajstić information content (AvgIpc) is 2.34. The number of aliphatic hydroxyl groups excluding tert-OH is 1. The molecular weight excluding hydrogens is 216 g/mol. The molecule has 0 spiro atoms. The molecule has 2 bridgehead atoms. The third-order valence-electron chi connectivity index (χ3n) is 4.83. The van der Waals surface area contributed by atoms with E-state index in [0.717, 1.165) is 6.42 Å². The van der Waals surface area contributed by atoms with Crippen LogP contribution in [0.3, 0.4) is 0 Å². The van der Waals surface area contributed by atoms with Crippen LogP contribution in [-0.4, -0.2) is 29.9 Å². The molecule has 0 saturated heterocycles. The first-order valence-electron chi connectivity index (χ1n) is 5.32. The molecule has 0 radical (unpaired) electrons. The number of hydrogen-bond donors (Lipinski definition) is 2. The van der Waals surface area contributed by atoms with E-state index in [2.05, 4.69) is 0 Å². The second kappa shape index (κ2) is 2.96. The first kappa shape index (κ1) is 11.4. The summed E-state index contributed by atoms with van der Waals surface area (Å²) in [7, 11) is -4.02. The van der Waals surface area contributed by atoms with Gasteiger partial charge in [-0.1, -0.05) is 13.8 Å². The normalized spacial score (nSPS) is 43.5. The molecule has 0 aromatic rings. The molecule has 0 heterocycles. The molecule has 15 heavy (non-hydrogen) atoms. The smallest absolute Gasteiger partial charge is 0.265 e. The van der Waals surface area contributed by atoms with E-state index in [0.29, 0.717) is 18.8 Å². The number of fused-ring (bicyclic) bond motifs is 2. The van der Waals surface area contributed by atoms with Crippen molar-refractivity contribution in [3.8, 4) is 0 Å². The Morgan fingerprint density at radius 3 is 2.33 bits per heavy atom. The Morgan fingerprint density at radius 1 is 1.40 bits per heavy atom. The SMILES string of the molecule is CC1(C)C2CCC1(CS(=O)(=O)O)[C@H](O)C2. The van der Waals surface area contributed by atoms with Crippen LogP contribution < -0.4 is 0 Å². The summed E-state index contributed by atoms with van der Waals surface area (Å²) in [5.41, 5.74) is -0.826. The highest BCUT2D eigenvalue weighted by Crippen LogP contribution is 2.65. The van der Waals surface area contributed by atoms with Crippen molar-refractivity contribution < 1.29 is 18.1 Å². The van der Waals surface area contributed by atoms with Crippen molar-refractivity contribution in [1.82, 2.24) is 0 Å². The van der Waals surface area contributed by atoms with Crippen LogP contribution in [0.1, 0.15) is 33.1 Å². The van der Waals surface area contributed by atoms with E-state index in [4.69, 9.17) is 4.55 Å². The predicted octanol–water partition coefficient (Wildman–Crippen LogP) is 1.06. The Kier molecular flexibility index (Phi) is 2.24. The van der Waals surface area contributed by atoms with Gasteiger partial charge in [0, 0.05) is 5.41 Å². The average molecular weight is 234 g/mol. The lowest BCUT2D eigenvalue weighted by molar-refractivity contribution is 0.0142. The lowest BCUT2D eigenvalue weighted by Crippen LogP contribution is -2.44. The fourth-order valence-electron chi connectivity index (χ4n) is 3.70. The van der Waals surface area contributed by atoms with Gasteiger partial charge in [0.2, 0.25) is 0 Å². The third-order valence-corrected chi connectivity index (χ3v) is 5.71. The predicted molar refractivity (Wildman–Crippen MR) is 56.0 cm³/mol. The topological polar surface area (TPSA) is 74.6 Å². The van der Waals surface area contributed by atoms with Gasteiger partial charge in [0.15, 0.2) is 0 Å². The number of hydrogen-bond acceptors (Lipinski definition) is 3. The molecule has 2 aliphatic carbocycles. The van der Waals surface area contributed by atoms with E-state index in [1.165, 1.54) is 0 Å². The zero-order valence-corrected chi connectivity index (χ0v) is 9.92. The molecule has 3 atom stereocenters. The van der Waals surface area contributed by atoms with Crippen molar-refractivity contribution in [3.63, 3.8) is 0 Å². The molecule has 2 aliphatic rings. The van der Waals surface area contributed by atoms with Crippen LogP contribution in [0.4, 0.5) is 0 Å². The van der Waals surface area contributed by atoms with Crippen LogP contribution in [0.5, 0.6) is 0 Å². The van der Waals surface area contributed by atoms with Crippen LogP contribution in [0.15, 0.2) is 0 Å². The third kappa shape index (κ3) is 1.44. The highest BCUT2D eigenvalue weighted by molar-refractivity contribution is 7.85. The highest BCUT2D eigenvalue weighted by atomic mass is 32.2. The molecule has 0 aromatic carbocycles. The van der Waals surface area contributed by atoms with E-state index in [-0.39, 0.29) is 11.2 Å². The Morgan fingerprint density at radius 2 is 2.00 bits per heavy atom. The zero-order chi connectivity index (χ0) is 11.5. The molecule has 2 rings (SSSR count). The summed E-state index contributed by atoms with van der Waals surface area (Å²) in [5, 5.41) is 9.99. The molecule has 2 unspecified atom stereocenters. The Hall–Kier alpha value is -0.130. The quantitative estimate of drug-likeness (QED) is 0.701. The summed E-state index contributed by atoms with van der Waals surface area (Å²) in [6.07, 6.45) is 1.74. The Bertz CT molecular complexity index is 373. The minimum atomic E-state index is -4.02. The lowest BCUT2D eigenvalue weighted by Gasteiger charge is -2.39. The van der Waals surface area contributed by atoms with Gasteiger partial charge in [-0.3, -0.25) is 4.55 Å². The second-order valence-corrected chi connectivity index (χ2v) is 7.04. The van der Waals surface area contributed by atoms with Crippen LogP contribution >= 0.6 is 0 Å². The van der Waals surface area contributed by atoms with E-state index in [1.807, 2.05) is 13.8 Å². The van der Waals surface area contributed by atoms with Gasteiger partial charge in [0.1, 0.15) is 0 Å². The summed E-state index contributed by atoms with van der Waals surface area (Å²) in [6.45, 7) is 4.01. The van der Waals surface area contributed by atoms with Crippen molar-refractivity contribution >= 4 is 10.1 Å². The fourth-order valence-corrected chi connectivity index (χ4v) is 5.06. The molecular formula is C10H18O4S. The second-order valence-electron chi connectivity index (χ2n) is 5.59. The molecule has 2 saturated carbocycles. The van der Waals surface area contributed by atoms with Gasteiger partial charge in [0.05, 0.1) is 11.9 Å². The minimum absolute atomic E-state index is 0.192. The molecule has 0 aromatic heterocycles. The van der Waals surface area contributed by atoms with Crippen molar-refractivity contribution in [3.05, 3.63) is 0 Å². The summed E-state index contributed by atoms with van der Waals surface area (Å²) in [6, 6.07) is 0. The Balaban J connectivity index is 2.40. The van der Waals surface area contributed by atoms with Gasteiger partial charge in [-0.25, -0.2) is 0 Å². The maximum atomic E-state index is 11.0. The molecule has 88 valence electrons. The van der Waals surface area contributed by atoms with E-state index in [9.17, 15) is 13.5 Å². The number of aliphatic hydroxyl groups is 1. The molecule has 0 aliphatic heterocycles. The lowest BCUT2D eigenvalue weighted by atomic mass is 9.70. The maximum Gasteiger partial charge on any atom is 0.265 e. The monoisotopic (exact) mass is 234 g/mol. The van der Waals surface area contributed by atoms with Gasteiger partial charge >= 0.3 is 0 Å². The van der Waals surface area contributed by atoms with Gasteiger partial charge < -0.3 is 5.11 Å². The number of rotatable bonds is 2.